The highest BCUT2D eigenvalue weighted by Crippen LogP contribution is 2.51. The maximum Gasteiger partial charge on any atom is -0.0129 e. The zero-order valence-corrected chi connectivity index (χ0v) is 20.9. The first kappa shape index (κ1) is 22.6. The second-order valence-corrected chi connectivity index (χ2v) is 13.3. The van der Waals surface area contributed by atoms with Crippen molar-refractivity contribution < 1.29 is 0 Å². The van der Waals surface area contributed by atoms with Crippen LogP contribution in [0.25, 0.3) is 0 Å². The molecule has 3 aromatic rings. The van der Waals surface area contributed by atoms with Crippen molar-refractivity contribution in [2.45, 2.75) is 44.7 Å². The smallest absolute Gasteiger partial charge is 0.0129 e. The normalized spacial score (nSPS) is 17.8. The van der Waals surface area contributed by atoms with Crippen molar-refractivity contribution >= 4 is 41.7 Å². The van der Waals surface area contributed by atoms with Crippen LogP contribution in [0.3, 0.4) is 0 Å². The quantitative estimate of drug-likeness (QED) is 0.351. The maximum atomic E-state index is 2.56. The Morgan fingerprint density at radius 3 is 0.966 bits per heavy atom. The van der Waals surface area contributed by atoms with Crippen LogP contribution in [0.2, 0.25) is 0 Å². The molecule has 152 valence electrons. The molecule has 0 aromatic heterocycles. The Balaban J connectivity index is 1.86. The average molecular weight is 438 g/mol. The molecule has 0 aliphatic heterocycles. The van der Waals surface area contributed by atoms with Gasteiger partial charge in [-0.2, -0.15) is 0 Å². The lowest BCUT2D eigenvalue weighted by Gasteiger charge is -2.46. The van der Waals surface area contributed by atoms with Crippen LogP contribution < -0.4 is 15.9 Å². The predicted octanol–water partition coefficient (Wildman–Crippen LogP) is 6.17. The fraction of sp³-hybridized carbons (Fsp3) is 0.308. The van der Waals surface area contributed by atoms with Crippen molar-refractivity contribution in [1.29, 1.82) is 0 Å². The van der Waals surface area contributed by atoms with Crippen molar-refractivity contribution in [2.24, 2.45) is 5.41 Å². The van der Waals surface area contributed by atoms with Crippen molar-refractivity contribution in [2.75, 3.05) is 0 Å². The molecule has 0 N–H and O–H groups in total. The van der Waals surface area contributed by atoms with Crippen molar-refractivity contribution in [1.82, 2.24) is 0 Å². The molecular formula is C26H33P3. The van der Waals surface area contributed by atoms with Gasteiger partial charge in [0.05, 0.1) is 0 Å². The molecule has 3 rings (SSSR count). The third-order valence-electron chi connectivity index (χ3n) is 6.27. The minimum absolute atomic E-state index is 0.275. The summed E-state index contributed by atoms with van der Waals surface area (Å²) in [4.78, 5) is 0. The molecule has 0 amide bonds. The molecule has 0 aliphatic rings. The largest absolute Gasteiger partial charge is 0.0869 e. The molecule has 29 heavy (non-hydrogen) atoms. The lowest BCUT2D eigenvalue weighted by molar-refractivity contribution is 0.314. The van der Waals surface area contributed by atoms with Gasteiger partial charge in [-0.15, -0.1) is 0 Å². The standard InChI is InChI=1S/C26H33P3/c1-20(27-23-14-8-5-9-15-23)26(4,21(2)28-24-16-10-6-11-17-24)22(3)29-25-18-12-7-13-19-25/h5-22,27-29H,1-4H3. The Morgan fingerprint density at radius 1 is 0.483 bits per heavy atom. The van der Waals surface area contributed by atoms with Gasteiger partial charge in [0.25, 0.3) is 0 Å². The molecule has 0 spiro atoms. The van der Waals surface area contributed by atoms with E-state index >= 15 is 0 Å². The van der Waals surface area contributed by atoms with Gasteiger partial charge in [-0.05, 0) is 38.3 Å². The van der Waals surface area contributed by atoms with Gasteiger partial charge in [-0.1, -0.05) is 144 Å². The fourth-order valence-corrected chi connectivity index (χ4v) is 9.53. The van der Waals surface area contributed by atoms with Crippen molar-refractivity contribution in [3.8, 4) is 0 Å². The first-order valence-electron chi connectivity index (χ1n) is 10.4. The molecule has 0 fully saturated rings. The summed E-state index contributed by atoms with van der Waals surface area (Å²) < 4.78 is 0. The summed E-state index contributed by atoms with van der Waals surface area (Å²) in [6.45, 7) is 10.0. The minimum Gasteiger partial charge on any atom is -0.0869 e. The predicted molar refractivity (Wildman–Crippen MR) is 140 cm³/mol. The van der Waals surface area contributed by atoms with Crippen LogP contribution in [0.15, 0.2) is 91.0 Å². The maximum absolute atomic E-state index is 2.56. The molecule has 0 bridgehead atoms. The van der Waals surface area contributed by atoms with Crippen LogP contribution in [-0.2, 0) is 0 Å². The van der Waals surface area contributed by atoms with E-state index in [1.807, 2.05) is 0 Å². The Kier molecular flexibility index (Phi) is 8.45. The Morgan fingerprint density at radius 2 is 0.724 bits per heavy atom. The van der Waals surface area contributed by atoms with Gasteiger partial charge in [-0.3, -0.25) is 0 Å². The van der Waals surface area contributed by atoms with E-state index in [0.717, 1.165) is 25.7 Å². The summed E-state index contributed by atoms with van der Waals surface area (Å²) in [5.74, 6) is 0. The average Bonchev–Trinajstić information content (AvgIpc) is 2.75. The van der Waals surface area contributed by atoms with E-state index in [4.69, 9.17) is 0 Å². The van der Waals surface area contributed by atoms with Gasteiger partial charge < -0.3 is 0 Å². The minimum atomic E-state index is 0.275. The Hall–Kier alpha value is -1.05. The first-order chi connectivity index (χ1) is 14.0. The molecule has 6 atom stereocenters. The number of rotatable bonds is 9. The second-order valence-electron chi connectivity index (χ2n) is 8.06. The summed E-state index contributed by atoms with van der Waals surface area (Å²) in [5.41, 5.74) is 2.20. The van der Waals surface area contributed by atoms with Crippen LogP contribution in [0.4, 0.5) is 0 Å². The van der Waals surface area contributed by atoms with Crippen LogP contribution in [0, 0.1) is 5.41 Å². The van der Waals surface area contributed by atoms with E-state index in [1.54, 1.807) is 0 Å². The van der Waals surface area contributed by atoms with Crippen LogP contribution in [-0.4, -0.2) is 17.0 Å². The van der Waals surface area contributed by atoms with E-state index < -0.39 is 0 Å². The lowest BCUT2D eigenvalue weighted by Crippen LogP contribution is -2.44. The summed E-state index contributed by atoms with van der Waals surface area (Å²) in [6, 6.07) is 33.2. The zero-order valence-electron chi connectivity index (χ0n) is 17.9. The third-order valence-corrected chi connectivity index (χ3v) is 11.4. The van der Waals surface area contributed by atoms with Crippen molar-refractivity contribution in [3.63, 3.8) is 0 Å². The summed E-state index contributed by atoms with van der Waals surface area (Å²) >= 11 is 0. The molecule has 0 radical (unpaired) electrons. The van der Waals surface area contributed by atoms with Gasteiger partial charge >= 0.3 is 0 Å². The van der Waals surface area contributed by atoms with E-state index in [1.165, 1.54) is 15.9 Å². The first-order valence-corrected chi connectivity index (χ1v) is 13.7. The Bertz CT molecular complexity index is 733. The molecular weight excluding hydrogens is 405 g/mol. The lowest BCUT2D eigenvalue weighted by atomic mass is 9.80. The highest BCUT2D eigenvalue weighted by molar-refractivity contribution is 7.50. The molecule has 0 saturated carbocycles. The summed E-state index contributed by atoms with van der Waals surface area (Å²) in [7, 11) is 2.54. The third kappa shape index (κ3) is 5.98. The van der Waals surface area contributed by atoms with E-state index in [9.17, 15) is 0 Å². The van der Waals surface area contributed by atoms with Gasteiger partial charge in [0, 0.05) is 0 Å². The number of hydrogen-bond donors (Lipinski definition) is 0. The molecule has 3 heteroatoms. The molecule has 0 saturated heterocycles. The van der Waals surface area contributed by atoms with Crippen LogP contribution >= 0.6 is 25.7 Å². The van der Waals surface area contributed by atoms with Gasteiger partial charge in [0.15, 0.2) is 0 Å². The summed E-state index contributed by atoms with van der Waals surface area (Å²) in [5, 5.41) is 4.45. The number of hydrogen-bond acceptors (Lipinski definition) is 0. The van der Waals surface area contributed by atoms with Crippen LogP contribution in [0.5, 0.6) is 0 Å². The van der Waals surface area contributed by atoms with Crippen molar-refractivity contribution in [3.05, 3.63) is 91.0 Å². The number of benzene rings is 3. The zero-order chi connectivity index (χ0) is 20.7. The highest BCUT2D eigenvalue weighted by atomic mass is 31.1. The van der Waals surface area contributed by atoms with Gasteiger partial charge in [-0.25, -0.2) is 0 Å². The van der Waals surface area contributed by atoms with Gasteiger partial charge in [0.1, 0.15) is 0 Å². The molecule has 6 unspecified atom stereocenters. The van der Waals surface area contributed by atoms with E-state index in [0.29, 0.717) is 17.0 Å². The molecule has 0 nitrogen and oxygen atoms in total. The monoisotopic (exact) mass is 438 g/mol. The fourth-order valence-electron chi connectivity index (χ4n) is 3.94. The summed E-state index contributed by atoms with van der Waals surface area (Å²) in [6.07, 6.45) is 0. The van der Waals surface area contributed by atoms with Gasteiger partial charge in [0.2, 0.25) is 0 Å². The molecule has 3 aromatic carbocycles. The topological polar surface area (TPSA) is 0 Å². The SMILES string of the molecule is CC(Pc1ccccc1)C(C)(C(C)Pc1ccccc1)C(C)Pc1ccccc1. The Labute approximate surface area is 182 Å². The van der Waals surface area contributed by atoms with E-state index in [-0.39, 0.29) is 5.41 Å². The van der Waals surface area contributed by atoms with E-state index in [2.05, 4.69) is 119 Å². The molecule has 0 heterocycles. The molecule has 0 aliphatic carbocycles. The second kappa shape index (κ2) is 10.8. The van der Waals surface area contributed by atoms with Crippen LogP contribution in [0.1, 0.15) is 27.7 Å². The highest BCUT2D eigenvalue weighted by Gasteiger charge is 2.41.